The highest BCUT2D eigenvalue weighted by atomic mass is 16.3. The minimum Gasteiger partial charge on any atom is -0.387 e. The zero-order chi connectivity index (χ0) is 14.4. The zero-order valence-corrected chi connectivity index (χ0v) is 12.1. The Morgan fingerprint density at radius 2 is 1.75 bits per heavy atom. The number of likely N-dealkylation sites (N-methyl/N-ethyl adjacent to an activating group) is 1. The number of aromatic nitrogens is 1. The molecule has 2 atom stereocenters. The van der Waals surface area contributed by atoms with Gasteiger partial charge in [0.1, 0.15) is 0 Å². The highest BCUT2D eigenvalue weighted by Gasteiger charge is 2.19. The Bertz CT molecular complexity index is 501. The predicted molar refractivity (Wildman–Crippen MR) is 81.4 cm³/mol. The average molecular weight is 270 g/mol. The van der Waals surface area contributed by atoms with Crippen LogP contribution in [-0.4, -0.2) is 34.6 Å². The molecule has 1 aromatic carbocycles. The largest absolute Gasteiger partial charge is 0.387 e. The molecule has 3 heteroatoms. The summed E-state index contributed by atoms with van der Waals surface area (Å²) in [6.45, 7) is 2.97. The van der Waals surface area contributed by atoms with Crippen LogP contribution in [0.1, 0.15) is 24.2 Å². The van der Waals surface area contributed by atoms with Gasteiger partial charge in [-0.1, -0.05) is 30.3 Å². The molecule has 2 rings (SSSR count). The Hall–Kier alpha value is -1.71. The summed E-state index contributed by atoms with van der Waals surface area (Å²) < 4.78 is 0. The molecule has 0 saturated carbocycles. The fourth-order valence-corrected chi connectivity index (χ4v) is 2.23. The summed E-state index contributed by atoms with van der Waals surface area (Å²) in [6, 6.07) is 14.0. The van der Waals surface area contributed by atoms with Crippen molar-refractivity contribution in [3.05, 3.63) is 66.0 Å². The second kappa shape index (κ2) is 7.17. The molecule has 1 N–H and O–H groups in total. The van der Waals surface area contributed by atoms with Crippen molar-refractivity contribution in [2.24, 2.45) is 0 Å². The van der Waals surface area contributed by atoms with Crippen molar-refractivity contribution < 1.29 is 5.11 Å². The maximum atomic E-state index is 10.4. The standard InChI is InChI=1S/C17H22N2O/c1-14(17(20)16-6-4-3-5-7-16)19(2)13-10-15-8-11-18-12-9-15/h3-9,11-12,14,17,20H,10,13H2,1-2H3. The van der Waals surface area contributed by atoms with Crippen molar-refractivity contribution in [1.29, 1.82) is 0 Å². The van der Waals surface area contributed by atoms with Gasteiger partial charge >= 0.3 is 0 Å². The summed E-state index contributed by atoms with van der Waals surface area (Å²) in [4.78, 5) is 6.21. The minimum atomic E-state index is -0.460. The van der Waals surface area contributed by atoms with Gasteiger partial charge in [-0.15, -0.1) is 0 Å². The molecule has 106 valence electrons. The van der Waals surface area contributed by atoms with E-state index in [9.17, 15) is 5.11 Å². The van der Waals surface area contributed by atoms with E-state index in [0.717, 1.165) is 18.5 Å². The van der Waals surface area contributed by atoms with Gasteiger partial charge in [-0.05, 0) is 43.7 Å². The number of rotatable bonds is 6. The van der Waals surface area contributed by atoms with Crippen LogP contribution in [0.4, 0.5) is 0 Å². The summed E-state index contributed by atoms with van der Waals surface area (Å²) in [5.41, 5.74) is 2.24. The number of aliphatic hydroxyl groups excluding tert-OH is 1. The van der Waals surface area contributed by atoms with Crippen molar-refractivity contribution in [3.8, 4) is 0 Å². The Morgan fingerprint density at radius 1 is 1.10 bits per heavy atom. The Balaban J connectivity index is 1.90. The van der Waals surface area contributed by atoms with E-state index in [-0.39, 0.29) is 6.04 Å². The molecule has 2 aromatic rings. The van der Waals surface area contributed by atoms with Crippen LogP contribution >= 0.6 is 0 Å². The lowest BCUT2D eigenvalue weighted by Gasteiger charge is -2.29. The van der Waals surface area contributed by atoms with Crippen LogP contribution in [0.3, 0.4) is 0 Å². The van der Waals surface area contributed by atoms with Crippen LogP contribution in [-0.2, 0) is 6.42 Å². The Labute approximate surface area is 120 Å². The molecule has 1 aromatic heterocycles. The molecule has 20 heavy (non-hydrogen) atoms. The van der Waals surface area contributed by atoms with E-state index in [1.807, 2.05) is 54.9 Å². The quantitative estimate of drug-likeness (QED) is 0.876. The van der Waals surface area contributed by atoms with Crippen molar-refractivity contribution >= 4 is 0 Å². The van der Waals surface area contributed by atoms with Gasteiger partial charge in [0.05, 0.1) is 6.10 Å². The normalized spacial score (nSPS) is 14.2. The number of aliphatic hydroxyl groups is 1. The number of hydrogen-bond donors (Lipinski definition) is 1. The molecule has 0 radical (unpaired) electrons. The van der Waals surface area contributed by atoms with Crippen LogP contribution in [0.25, 0.3) is 0 Å². The fraction of sp³-hybridized carbons (Fsp3) is 0.353. The molecule has 1 heterocycles. The lowest BCUT2D eigenvalue weighted by atomic mass is 10.0. The van der Waals surface area contributed by atoms with Gasteiger partial charge in [0.25, 0.3) is 0 Å². The summed E-state index contributed by atoms with van der Waals surface area (Å²) >= 11 is 0. The van der Waals surface area contributed by atoms with E-state index in [0.29, 0.717) is 0 Å². The van der Waals surface area contributed by atoms with Gasteiger partial charge in [-0.2, -0.15) is 0 Å². The number of nitrogens with zero attached hydrogens (tertiary/aromatic N) is 2. The third-order valence-corrected chi connectivity index (χ3v) is 3.80. The molecule has 3 nitrogen and oxygen atoms in total. The van der Waals surface area contributed by atoms with E-state index in [4.69, 9.17) is 0 Å². The van der Waals surface area contributed by atoms with Gasteiger partial charge in [0.15, 0.2) is 0 Å². The first-order chi connectivity index (χ1) is 9.68. The van der Waals surface area contributed by atoms with Crippen LogP contribution in [0.5, 0.6) is 0 Å². The first-order valence-electron chi connectivity index (χ1n) is 7.00. The molecule has 0 aliphatic carbocycles. The fourth-order valence-electron chi connectivity index (χ4n) is 2.23. The number of benzene rings is 1. The smallest absolute Gasteiger partial charge is 0.0942 e. The summed E-state index contributed by atoms with van der Waals surface area (Å²) in [7, 11) is 2.05. The third-order valence-electron chi connectivity index (χ3n) is 3.80. The molecular formula is C17H22N2O. The summed E-state index contributed by atoms with van der Waals surface area (Å²) in [5.74, 6) is 0. The average Bonchev–Trinajstić information content (AvgIpc) is 2.53. The molecule has 2 unspecified atom stereocenters. The maximum Gasteiger partial charge on any atom is 0.0942 e. The molecule has 0 fully saturated rings. The zero-order valence-electron chi connectivity index (χ0n) is 12.1. The van der Waals surface area contributed by atoms with Crippen molar-refractivity contribution in [3.63, 3.8) is 0 Å². The van der Waals surface area contributed by atoms with Crippen LogP contribution in [0.2, 0.25) is 0 Å². The third kappa shape index (κ3) is 3.89. The predicted octanol–water partition coefficient (Wildman–Crippen LogP) is 2.68. The molecule has 0 aliphatic rings. The van der Waals surface area contributed by atoms with E-state index in [2.05, 4.69) is 23.9 Å². The van der Waals surface area contributed by atoms with Crippen molar-refractivity contribution in [2.45, 2.75) is 25.5 Å². The van der Waals surface area contributed by atoms with Crippen molar-refractivity contribution in [1.82, 2.24) is 9.88 Å². The van der Waals surface area contributed by atoms with E-state index in [1.165, 1.54) is 5.56 Å². The molecule has 0 saturated heterocycles. The van der Waals surface area contributed by atoms with Gasteiger partial charge in [-0.3, -0.25) is 4.98 Å². The molecule has 0 bridgehead atoms. The topological polar surface area (TPSA) is 36.4 Å². The monoisotopic (exact) mass is 270 g/mol. The number of hydrogen-bond acceptors (Lipinski definition) is 3. The first kappa shape index (κ1) is 14.7. The lowest BCUT2D eigenvalue weighted by Crippen LogP contribution is -2.35. The molecule has 0 aliphatic heterocycles. The summed E-state index contributed by atoms with van der Waals surface area (Å²) in [6.07, 6.45) is 4.14. The SMILES string of the molecule is CC(C(O)c1ccccc1)N(C)CCc1ccncc1. The van der Waals surface area contributed by atoms with Gasteiger partial charge in [0, 0.05) is 25.0 Å². The van der Waals surface area contributed by atoms with Crippen LogP contribution in [0.15, 0.2) is 54.9 Å². The maximum absolute atomic E-state index is 10.4. The lowest BCUT2D eigenvalue weighted by molar-refractivity contribution is 0.0732. The van der Waals surface area contributed by atoms with Gasteiger partial charge in [-0.25, -0.2) is 0 Å². The second-order valence-electron chi connectivity index (χ2n) is 5.18. The van der Waals surface area contributed by atoms with E-state index >= 15 is 0 Å². The van der Waals surface area contributed by atoms with Gasteiger partial charge in [0.2, 0.25) is 0 Å². The Morgan fingerprint density at radius 3 is 2.40 bits per heavy atom. The molecule has 0 amide bonds. The van der Waals surface area contributed by atoms with E-state index in [1.54, 1.807) is 0 Å². The Kier molecular flexibility index (Phi) is 5.27. The van der Waals surface area contributed by atoms with Crippen LogP contribution in [0, 0.1) is 0 Å². The van der Waals surface area contributed by atoms with Crippen LogP contribution < -0.4 is 0 Å². The highest BCUT2D eigenvalue weighted by Crippen LogP contribution is 2.19. The first-order valence-corrected chi connectivity index (χ1v) is 7.00. The van der Waals surface area contributed by atoms with Crippen molar-refractivity contribution in [2.75, 3.05) is 13.6 Å². The van der Waals surface area contributed by atoms with E-state index < -0.39 is 6.10 Å². The van der Waals surface area contributed by atoms with Gasteiger partial charge < -0.3 is 10.0 Å². The second-order valence-corrected chi connectivity index (χ2v) is 5.18. The number of pyridine rings is 1. The minimum absolute atomic E-state index is 0.0826. The molecule has 0 spiro atoms. The molecular weight excluding hydrogens is 248 g/mol. The highest BCUT2D eigenvalue weighted by molar-refractivity contribution is 5.18. The summed E-state index contributed by atoms with van der Waals surface area (Å²) in [5, 5.41) is 10.4.